The van der Waals surface area contributed by atoms with Crippen LogP contribution in [-0.2, 0) is 12.8 Å². The van der Waals surface area contributed by atoms with Gasteiger partial charge in [-0.15, -0.1) is 0 Å². The molecular weight excluding hydrogens is 290 g/mol. The van der Waals surface area contributed by atoms with Crippen LogP contribution in [0.25, 0.3) is 0 Å². The molecule has 0 spiro atoms. The number of fused-ring (bicyclic) bond motifs is 1. The number of benzene rings is 1. The highest BCUT2D eigenvalue weighted by Gasteiger charge is 2.18. The Morgan fingerprint density at radius 2 is 2.00 bits per heavy atom. The number of aryl methyl sites for hydroxylation is 2. The van der Waals surface area contributed by atoms with E-state index < -0.39 is 0 Å². The van der Waals surface area contributed by atoms with Gasteiger partial charge in [0.15, 0.2) is 0 Å². The Hall–Kier alpha value is -1.52. The topological polar surface area (TPSA) is 62.8 Å². The summed E-state index contributed by atoms with van der Waals surface area (Å²) in [5, 5.41) is 9.26. The van der Waals surface area contributed by atoms with Gasteiger partial charge in [0.05, 0.1) is 0 Å². The van der Waals surface area contributed by atoms with Gasteiger partial charge in [-0.25, -0.2) is 4.98 Å². The predicted molar refractivity (Wildman–Crippen MR) is 82.9 cm³/mol. The monoisotopic (exact) mass is 303 g/mol. The Morgan fingerprint density at radius 3 is 2.70 bits per heavy atom. The van der Waals surface area contributed by atoms with Crippen LogP contribution in [0.3, 0.4) is 0 Å². The summed E-state index contributed by atoms with van der Waals surface area (Å²) in [5.74, 6) is 0.0728. The van der Waals surface area contributed by atoms with Gasteiger partial charge in [0.1, 0.15) is 10.9 Å². The Bertz CT molecular complexity index is 668. The van der Waals surface area contributed by atoms with Crippen LogP contribution in [0, 0.1) is 5.41 Å². The van der Waals surface area contributed by atoms with Gasteiger partial charge in [-0.2, -0.15) is 0 Å². The number of rotatable bonds is 3. The van der Waals surface area contributed by atoms with Gasteiger partial charge in [-0.1, -0.05) is 23.4 Å². The number of nitrogens with zero attached hydrogens (tertiary/aromatic N) is 1. The molecule has 1 aliphatic rings. The summed E-state index contributed by atoms with van der Waals surface area (Å²) in [4.78, 5) is 5.75. The molecule has 0 fully saturated rings. The van der Waals surface area contributed by atoms with Gasteiger partial charge >= 0.3 is 0 Å². The number of pyridine rings is 1. The van der Waals surface area contributed by atoms with Gasteiger partial charge in [0.2, 0.25) is 0 Å². The molecule has 1 aromatic carbocycles. The molecule has 102 valence electrons. The lowest BCUT2D eigenvalue weighted by Crippen LogP contribution is -2.14. The van der Waals surface area contributed by atoms with Crippen molar-refractivity contribution in [2.24, 2.45) is 5.73 Å². The van der Waals surface area contributed by atoms with E-state index in [-0.39, 0.29) is 5.84 Å². The highest BCUT2D eigenvalue weighted by atomic mass is 35.5. The van der Waals surface area contributed by atoms with Crippen molar-refractivity contribution in [3.63, 3.8) is 0 Å². The van der Waals surface area contributed by atoms with E-state index in [1.165, 1.54) is 17.3 Å². The maximum Gasteiger partial charge on any atom is 0.125 e. The number of nitrogens with two attached hydrogens (primary N) is 1. The quantitative estimate of drug-likeness (QED) is 0.672. The molecule has 0 atom stereocenters. The van der Waals surface area contributed by atoms with Crippen LogP contribution >= 0.6 is 23.4 Å². The minimum Gasteiger partial charge on any atom is -0.384 e. The molecule has 1 aromatic heterocycles. The van der Waals surface area contributed by atoms with Crippen LogP contribution in [0.4, 0.5) is 0 Å². The van der Waals surface area contributed by atoms with Crippen LogP contribution < -0.4 is 5.73 Å². The average Bonchev–Trinajstić information content (AvgIpc) is 2.87. The molecule has 3 rings (SSSR count). The van der Waals surface area contributed by atoms with Crippen molar-refractivity contribution >= 4 is 29.2 Å². The second kappa shape index (κ2) is 5.46. The molecule has 20 heavy (non-hydrogen) atoms. The molecular formula is C15H14ClN3S. The van der Waals surface area contributed by atoms with Gasteiger partial charge in [-0.05, 0) is 55.2 Å². The Morgan fingerprint density at radius 1 is 1.25 bits per heavy atom. The van der Waals surface area contributed by atoms with Crippen molar-refractivity contribution in [1.82, 2.24) is 4.98 Å². The Labute approximate surface area is 127 Å². The highest BCUT2D eigenvalue weighted by Crippen LogP contribution is 2.32. The summed E-state index contributed by atoms with van der Waals surface area (Å²) >= 11 is 7.42. The van der Waals surface area contributed by atoms with Gasteiger partial charge < -0.3 is 5.73 Å². The van der Waals surface area contributed by atoms with Crippen LogP contribution in [0.15, 0.2) is 40.3 Å². The minimum absolute atomic E-state index is 0.0728. The van der Waals surface area contributed by atoms with E-state index in [4.69, 9.17) is 27.7 Å². The molecule has 3 nitrogen and oxygen atoms in total. The Balaban J connectivity index is 1.99. The molecule has 0 amide bonds. The number of aromatic nitrogens is 1. The molecule has 2 aromatic rings. The largest absolute Gasteiger partial charge is 0.384 e. The molecule has 1 aliphatic carbocycles. The number of halogens is 1. The fraction of sp³-hybridized carbons (Fsp3) is 0.200. The maximum absolute atomic E-state index is 7.74. The molecule has 1 heterocycles. The summed E-state index contributed by atoms with van der Waals surface area (Å²) < 4.78 is 0. The SMILES string of the molecule is N=C(N)c1cc2c(nc1Sc1ccc(Cl)cc1)CCC2. The lowest BCUT2D eigenvalue weighted by atomic mass is 10.1. The second-order valence-corrected chi connectivity index (χ2v) is 6.27. The third-order valence-corrected chi connectivity index (χ3v) is 4.60. The predicted octanol–water partition coefficient (Wildman–Crippen LogP) is 3.66. The van der Waals surface area contributed by atoms with Crippen molar-refractivity contribution < 1.29 is 0 Å². The van der Waals surface area contributed by atoms with E-state index in [1.54, 1.807) is 0 Å². The fourth-order valence-electron chi connectivity index (χ4n) is 2.34. The normalized spacial score (nSPS) is 13.2. The van der Waals surface area contributed by atoms with Crippen molar-refractivity contribution in [2.75, 3.05) is 0 Å². The number of hydrogen-bond donors (Lipinski definition) is 2. The lowest BCUT2D eigenvalue weighted by Gasteiger charge is -2.10. The van der Waals surface area contributed by atoms with Gasteiger partial charge in [0.25, 0.3) is 0 Å². The zero-order valence-electron chi connectivity index (χ0n) is 10.8. The summed E-state index contributed by atoms with van der Waals surface area (Å²) in [7, 11) is 0. The molecule has 0 bridgehead atoms. The second-order valence-electron chi connectivity index (χ2n) is 4.77. The van der Waals surface area contributed by atoms with Gasteiger partial charge in [0, 0.05) is 21.2 Å². The van der Waals surface area contributed by atoms with Crippen molar-refractivity contribution in [2.45, 2.75) is 29.2 Å². The van der Waals surface area contributed by atoms with E-state index in [0.29, 0.717) is 5.02 Å². The fourth-order valence-corrected chi connectivity index (χ4v) is 3.39. The van der Waals surface area contributed by atoms with E-state index >= 15 is 0 Å². The summed E-state index contributed by atoms with van der Waals surface area (Å²) in [5.41, 5.74) is 8.80. The zero-order valence-corrected chi connectivity index (χ0v) is 12.4. The zero-order chi connectivity index (χ0) is 14.1. The molecule has 0 unspecified atom stereocenters. The molecule has 3 N–H and O–H groups in total. The number of hydrogen-bond acceptors (Lipinski definition) is 3. The smallest absolute Gasteiger partial charge is 0.125 e. The molecule has 0 radical (unpaired) electrons. The Kier molecular flexibility index (Phi) is 3.68. The number of nitrogens with one attached hydrogen (secondary N) is 1. The van der Waals surface area contributed by atoms with Crippen LogP contribution in [0.1, 0.15) is 23.2 Å². The van der Waals surface area contributed by atoms with Crippen molar-refractivity contribution in [1.29, 1.82) is 5.41 Å². The minimum atomic E-state index is 0.0728. The highest BCUT2D eigenvalue weighted by molar-refractivity contribution is 7.99. The number of amidine groups is 1. The molecule has 5 heteroatoms. The van der Waals surface area contributed by atoms with Crippen LogP contribution in [0.2, 0.25) is 5.02 Å². The van der Waals surface area contributed by atoms with E-state index in [2.05, 4.69) is 0 Å². The van der Waals surface area contributed by atoms with E-state index in [9.17, 15) is 0 Å². The molecule has 0 saturated carbocycles. The third kappa shape index (κ3) is 2.67. The standard InChI is InChI=1S/C15H14ClN3S/c16-10-4-6-11(7-5-10)20-15-12(14(17)18)8-9-2-1-3-13(9)19-15/h4-8H,1-3H2,(H3,17,18). The third-order valence-electron chi connectivity index (χ3n) is 3.33. The van der Waals surface area contributed by atoms with Crippen LogP contribution in [-0.4, -0.2) is 10.8 Å². The first-order valence-electron chi connectivity index (χ1n) is 6.44. The molecule has 0 aliphatic heterocycles. The van der Waals surface area contributed by atoms with Crippen molar-refractivity contribution in [3.8, 4) is 0 Å². The number of nitrogen functional groups attached to an aromatic ring is 1. The van der Waals surface area contributed by atoms with E-state index in [1.807, 2.05) is 30.3 Å². The molecule has 0 saturated heterocycles. The first-order chi connectivity index (χ1) is 9.63. The average molecular weight is 304 g/mol. The van der Waals surface area contributed by atoms with Crippen molar-refractivity contribution in [3.05, 3.63) is 52.2 Å². The van der Waals surface area contributed by atoms with Gasteiger partial charge in [-0.3, -0.25) is 5.41 Å². The first-order valence-corrected chi connectivity index (χ1v) is 7.63. The van der Waals surface area contributed by atoms with Crippen LogP contribution in [0.5, 0.6) is 0 Å². The summed E-state index contributed by atoms with van der Waals surface area (Å²) in [6.07, 6.45) is 3.19. The maximum atomic E-state index is 7.74. The lowest BCUT2D eigenvalue weighted by molar-refractivity contribution is 0.891. The first kappa shape index (κ1) is 13.5. The van der Waals surface area contributed by atoms with E-state index in [0.717, 1.165) is 40.4 Å². The summed E-state index contributed by atoms with van der Waals surface area (Å²) in [6, 6.07) is 9.63. The summed E-state index contributed by atoms with van der Waals surface area (Å²) in [6.45, 7) is 0.